The standard InChI is InChI=1S/C18H18N2O3S/c1-12-5-6-15(13(2)8-12)19-18(21)11-22-10-14-9-16(23-20-14)17-4-3-7-24-17/h3-9H,10-11H2,1-2H3,(H,19,21). The third-order valence-corrected chi connectivity index (χ3v) is 4.35. The Bertz CT molecular complexity index is 825. The van der Waals surface area contributed by atoms with Gasteiger partial charge in [0.05, 0.1) is 11.5 Å². The van der Waals surface area contributed by atoms with E-state index in [1.165, 1.54) is 0 Å². The number of thiophene rings is 1. The molecule has 6 heteroatoms. The number of nitrogens with one attached hydrogen (secondary N) is 1. The van der Waals surface area contributed by atoms with Gasteiger partial charge in [-0.05, 0) is 36.9 Å². The Morgan fingerprint density at radius 3 is 2.92 bits per heavy atom. The fraction of sp³-hybridized carbons (Fsp3) is 0.222. The van der Waals surface area contributed by atoms with Crippen LogP contribution in [0.3, 0.4) is 0 Å². The van der Waals surface area contributed by atoms with Gasteiger partial charge < -0.3 is 14.6 Å². The summed E-state index contributed by atoms with van der Waals surface area (Å²) in [7, 11) is 0. The summed E-state index contributed by atoms with van der Waals surface area (Å²) >= 11 is 1.58. The Balaban J connectivity index is 1.48. The fourth-order valence-electron chi connectivity index (χ4n) is 2.30. The van der Waals surface area contributed by atoms with Crippen molar-refractivity contribution in [2.24, 2.45) is 0 Å². The molecular weight excluding hydrogens is 324 g/mol. The number of hydrogen-bond acceptors (Lipinski definition) is 5. The lowest BCUT2D eigenvalue weighted by Crippen LogP contribution is -2.18. The highest BCUT2D eigenvalue weighted by molar-refractivity contribution is 7.13. The maximum Gasteiger partial charge on any atom is 0.250 e. The summed E-state index contributed by atoms with van der Waals surface area (Å²) in [5, 5.41) is 8.77. The van der Waals surface area contributed by atoms with Crippen molar-refractivity contribution in [2.75, 3.05) is 11.9 Å². The molecule has 0 aliphatic rings. The minimum absolute atomic E-state index is 0.0332. The first kappa shape index (κ1) is 16.4. The average Bonchev–Trinajstić information content (AvgIpc) is 3.21. The van der Waals surface area contributed by atoms with Crippen LogP contribution in [-0.2, 0) is 16.1 Å². The second kappa shape index (κ2) is 7.42. The summed E-state index contributed by atoms with van der Waals surface area (Å²) in [4.78, 5) is 13.0. The molecule has 1 amide bonds. The van der Waals surface area contributed by atoms with Crippen LogP contribution in [0.1, 0.15) is 16.8 Å². The Morgan fingerprint density at radius 1 is 1.29 bits per heavy atom. The van der Waals surface area contributed by atoms with Gasteiger partial charge in [-0.25, -0.2) is 0 Å². The minimum atomic E-state index is -0.191. The molecule has 0 bridgehead atoms. The topological polar surface area (TPSA) is 64.4 Å². The van der Waals surface area contributed by atoms with E-state index in [0.29, 0.717) is 11.5 Å². The molecule has 3 aromatic rings. The number of benzene rings is 1. The lowest BCUT2D eigenvalue weighted by molar-refractivity contribution is -0.121. The average molecular weight is 342 g/mol. The number of amides is 1. The van der Waals surface area contributed by atoms with Gasteiger partial charge in [-0.1, -0.05) is 28.9 Å². The maximum atomic E-state index is 12.0. The molecule has 0 aliphatic carbocycles. The first-order valence-corrected chi connectivity index (χ1v) is 8.44. The van der Waals surface area contributed by atoms with Gasteiger partial charge in [0.15, 0.2) is 5.76 Å². The van der Waals surface area contributed by atoms with E-state index in [1.54, 1.807) is 11.3 Å². The summed E-state index contributed by atoms with van der Waals surface area (Å²) in [6.45, 7) is 4.18. The molecule has 0 fully saturated rings. The van der Waals surface area contributed by atoms with Crippen molar-refractivity contribution in [3.05, 3.63) is 58.6 Å². The Kier molecular flexibility index (Phi) is 5.08. The van der Waals surface area contributed by atoms with E-state index in [0.717, 1.165) is 21.7 Å². The van der Waals surface area contributed by atoms with Gasteiger partial charge in [-0.2, -0.15) is 0 Å². The predicted octanol–water partition coefficient (Wildman–Crippen LogP) is 4.18. The number of ether oxygens (including phenoxy) is 1. The van der Waals surface area contributed by atoms with Gasteiger partial charge >= 0.3 is 0 Å². The Morgan fingerprint density at radius 2 is 2.17 bits per heavy atom. The number of aromatic nitrogens is 1. The number of nitrogens with zero attached hydrogens (tertiary/aromatic N) is 1. The predicted molar refractivity (Wildman–Crippen MR) is 94.0 cm³/mol. The van der Waals surface area contributed by atoms with Crippen LogP contribution in [-0.4, -0.2) is 17.7 Å². The highest BCUT2D eigenvalue weighted by atomic mass is 32.1. The van der Waals surface area contributed by atoms with E-state index >= 15 is 0 Å². The molecular formula is C18H18N2O3S. The summed E-state index contributed by atoms with van der Waals surface area (Å²) in [5.74, 6) is 0.521. The van der Waals surface area contributed by atoms with E-state index in [9.17, 15) is 4.79 Å². The van der Waals surface area contributed by atoms with Gasteiger partial charge in [0.1, 0.15) is 12.3 Å². The van der Waals surface area contributed by atoms with Gasteiger partial charge in [0, 0.05) is 11.8 Å². The van der Waals surface area contributed by atoms with Gasteiger partial charge in [0.2, 0.25) is 5.91 Å². The molecule has 2 aromatic heterocycles. The number of carbonyl (C=O) groups is 1. The molecule has 0 saturated heterocycles. The normalized spacial score (nSPS) is 10.8. The zero-order valence-electron chi connectivity index (χ0n) is 13.5. The van der Waals surface area contributed by atoms with E-state index in [2.05, 4.69) is 10.5 Å². The van der Waals surface area contributed by atoms with Crippen LogP contribution in [0.15, 0.2) is 46.3 Å². The summed E-state index contributed by atoms with van der Waals surface area (Å²) in [6.07, 6.45) is 0. The summed E-state index contributed by atoms with van der Waals surface area (Å²) in [6, 6.07) is 11.6. The molecule has 124 valence electrons. The zero-order valence-corrected chi connectivity index (χ0v) is 14.4. The molecule has 1 N–H and O–H groups in total. The number of rotatable bonds is 6. The number of aryl methyl sites for hydroxylation is 2. The highest BCUT2D eigenvalue weighted by Gasteiger charge is 2.09. The summed E-state index contributed by atoms with van der Waals surface area (Å²) in [5.41, 5.74) is 3.66. The largest absolute Gasteiger partial charge is 0.365 e. The zero-order chi connectivity index (χ0) is 16.9. The second-order valence-electron chi connectivity index (χ2n) is 5.52. The number of carbonyl (C=O) groups excluding carboxylic acids is 1. The molecule has 0 aliphatic heterocycles. The molecule has 1 aromatic carbocycles. The Labute approximate surface area is 144 Å². The molecule has 2 heterocycles. The lowest BCUT2D eigenvalue weighted by Gasteiger charge is -2.09. The maximum absolute atomic E-state index is 12.0. The molecule has 0 radical (unpaired) electrons. The van der Waals surface area contributed by atoms with Crippen LogP contribution >= 0.6 is 11.3 Å². The van der Waals surface area contributed by atoms with Gasteiger partial charge in [0.25, 0.3) is 0 Å². The lowest BCUT2D eigenvalue weighted by atomic mass is 10.1. The first-order chi connectivity index (χ1) is 11.6. The smallest absolute Gasteiger partial charge is 0.250 e. The number of hydrogen-bond donors (Lipinski definition) is 1. The molecule has 0 unspecified atom stereocenters. The highest BCUT2D eigenvalue weighted by Crippen LogP contribution is 2.25. The minimum Gasteiger partial charge on any atom is -0.365 e. The molecule has 0 spiro atoms. The fourth-order valence-corrected chi connectivity index (χ4v) is 2.98. The van der Waals surface area contributed by atoms with Crippen LogP contribution in [0, 0.1) is 13.8 Å². The van der Waals surface area contributed by atoms with Crippen LogP contribution in [0.4, 0.5) is 5.69 Å². The number of anilines is 1. The molecule has 0 saturated carbocycles. The van der Waals surface area contributed by atoms with Crippen molar-refractivity contribution >= 4 is 22.9 Å². The van der Waals surface area contributed by atoms with E-state index < -0.39 is 0 Å². The van der Waals surface area contributed by atoms with Crippen molar-refractivity contribution in [1.82, 2.24) is 5.16 Å². The van der Waals surface area contributed by atoms with Crippen molar-refractivity contribution in [3.8, 4) is 10.6 Å². The van der Waals surface area contributed by atoms with Gasteiger partial charge in [-0.15, -0.1) is 11.3 Å². The first-order valence-electron chi connectivity index (χ1n) is 7.56. The monoisotopic (exact) mass is 342 g/mol. The molecule has 3 rings (SSSR count). The van der Waals surface area contributed by atoms with Crippen molar-refractivity contribution < 1.29 is 14.1 Å². The van der Waals surface area contributed by atoms with Crippen LogP contribution in [0.5, 0.6) is 0 Å². The van der Waals surface area contributed by atoms with E-state index in [1.807, 2.05) is 55.6 Å². The van der Waals surface area contributed by atoms with Gasteiger partial charge in [-0.3, -0.25) is 4.79 Å². The third-order valence-electron chi connectivity index (χ3n) is 3.46. The van der Waals surface area contributed by atoms with Crippen LogP contribution in [0.2, 0.25) is 0 Å². The molecule has 24 heavy (non-hydrogen) atoms. The summed E-state index contributed by atoms with van der Waals surface area (Å²) < 4.78 is 10.7. The quantitative estimate of drug-likeness (QED) is 0.730. The van der Waals surface area contributed by atoms with Crippen LogP contribution < -0.4 is 5.32 Å². The Hall–Kier alpha value is -2.44. The van der Waals surface area contributed by atoms with E-state index in [-0.39, 0.29) is 19.1 Å². The van der Waals surface area contributed by atoms with E-state index in [4.69, 9.17) is 9.26 Å². The van der Waals surface area contributed by atoms with Crippen LogP contribution in [0.25, 0.3) is 10.6 Å². The third kappa shape index (κ3) is 4.10. The SMILES string of the molecule is Cc1ccc(NC(=O)COCc2cc(-c3cccs3)on2)c(C)c1. The molecule has 0 atom stereocenters. The molecule has 5 nitrogen and oxygen atoms in total. The van der Waals surface area contributed by atoms with Crippen molar-refractivity contribution in [2.45, 2.75) is 20.5 Å². The van der Waals surface area contributed by atoms with Crippen molar-refractivity contribution in [3.63, 3.8) is 0 Å². The van der Waals surface area contributed by atoms with Crippen molar-refractivity contribution in [1.29, 1.82) is 0 Å². The second-order valence-corrected chi connectivity index (χ2v) is 6.47.